The van der Waals surface area contributed by atoms with E-state index in [2.05, 4.69) is 5.32 Å². The number of carbonyl (C=O) groups excluding carboxylic acids is 2. The van der Waals surface area contributed by atoms with E-state index in [1.807, 2.05) is 20.8 Å². The lowest BCUT2D eigenvalue weighted by Gasteiger charge is -2.21. The molecule has 1 aromatic rings. The summed E-state index contributed by atoms with van der Waals surface area (Å²) in [5.41, 5.74) is 8.03. The second kappa shape index (κ2) is 5.53. The number of nitrogen functional groups attached to an aromatic ring is 1. The Balaban J connectivity index is 2.07. The number of benzene rings is 1. The zero-order valence-corrected chi connectivity index (χ0v) is 12.1. The van der Waals surface area contributed by atoms with Crippen molar-refractivity contribution in [1.82, 2.24) is 5.32 Å². The van der Waals surface area contributed by atoms with Crippen molar-refractivity contribution in [1.29, 1.82) is 0 Å². The maximum atomic E-state index is 12.0. The largest absolute Gasteiger partial charge is 0.399 e. The highest BCUT2D eigenvalue weighted by Gasteiger charge is 2.29. The molecule has 0 aliphatic carbocycles. The topological polar surface area (TPSA) is 75.4 Å². The maximum absolute atomic E-state index is 12.0. The van der Waals surface area contributed by atoms with Gasteiger partial charge in [-0.2, -0.15) is 0 Å². The molecule has 0 saturated carbocycles. The molecule has 1 aromatic carbocycles. The Morgan fingerprint density at radius 3 is 2.75 bits per heavy atom. The van der Waals surface area contributed by atoms with Crippen molar-refractivity contribution in [2.75, 3.05) is 17.2 Å². The molecule has 0 radical (unpaired) electrons. The van der Waals surface area contributed by atoms with Gasteiger partial charge in [-0.1, -0.05) is 13.8 Å². The summed E-state index contributed by atoms with van der Waals surface area (Å²) in [5, 5.41) is 2.91. The van der Waals surface area contributed by atoms with E-state index < -0.39 is 0 Å². The molecule has 108 valence electrons. The first-order chi connectivity index (χ1) is 9.38. The molecule has 1 atom stereocenters. The van der Waals surface area contributed by atoms with Crippen molar-refractivity contribution in [3.8, 4) is 0 Å². The fourth-order valence-corrected chi connectivity index (χ4v) is 2.19. The van der Waals surface area contributed by atoms with E-state index >= 15 is 0 Å². The van der Waals surface area contributed by atoms with E-state index in [1.165, 1.54) is 4.90 Å². The quantitative estimate of drug-likeness (QED) is 0.814. The number of nitrogens with one attached hydrogen (secondary N) is 1. The lowest BCUT2D eigenvalue weighted by Crippen LogP contribution is -2.43. The number of anilines is 2. The standard InChI is InChI=1S/C15H21N3O2/c1-9(2)10(3)17-14(19)8-18-13-5-4-12(16)6-11(13)7-15(18)20/h4-6,9-10H,7-8,16H2,1-3H3,(H,17,19). The molecule has 3 N–H and O–H groups in total. The van der Waals surface area contributed by atoms with E-state index in [1.54, 1.807) is 18.2 Å². The molecule has 0 saturated heterocycles. The SMILES string of the molecule is CC(C)C(C)NC(=O)CN1C(=O)Cc2cc(N)ccc21. The predicted octanol–water partition coefficient (Wildman–Crippen LogP) is 1.32. The Hall–Kier alpha value is -2.04. The number of nitrogens with two attached hydrogens (primary N) is 1. The average molecular weight is 275 g/mol. The molecule has 2 rings (SSSR count). The van der Waals surface area contributed by atoms with E-state index in [0.717, 1.165) is 11.3 Å². The lowest BCUT2D eigenvalue weighted by atomic mass is 10.1. The molecule has 2 amide bonds. The monoisotopic (exact) mass is 275 g/mol. The fourth-order valence-electron chi connectivity index (χ4n) is 2.19. The molecular formula is C15H21N3O2. The van der Waals surface area contributed by atoms with Crippen molar-refractivity contribution >= 4 is 23.2 Å². The van der Waals surface area contributed by atoms with Crippen LogP contribution in [-0.2, 0) is 16.0 Å². The molecule has 5 nitrogen and oxygen atoms in total. The van der Waals surface area contributed by atoms with Crippen LogP contribution in [-0.4, -0.2) is 24.4 Å². The minimum Gasteiger partial charge on any atom is -0.399 e. The molecule has 1 heterocycles. The van der Waals surface area contributed by atoms with Gasteiger partial charge in [0.05, 0.1) is 6.42 Å². The van der Waals surface area contributed by atoms with Crippen LogP contribution >= 0.6 is 0 Å². The van der Waals surface area contributed by atoms with Crippen LogP contribution in [0.4, 0.5) is 11.4 Å². The molecule has 20 heavy (non-hydrogen) atoms. The summed E-state index contributed by atoms with van der Waals surface area (Å²) >= 11 is 0. The second-order valence-corrected chi connectivity index (χ2v) is 5.65. The van der Waals surface area contributed by atoms with Crippen LogP contribution in [0.1, 0.15) is 26.3 Å². The van der Waals surface area contributed by atoms with Gasteiger partial charge >= 0.3 is 0 Å². The summed E-state index contributed by atoms with van der Waals surface area (Å²) in [6, 6.07) is 5.43. The van der Waals surface area contributed by atoms with Crippen molar-refractivity contribution < 1.29 is 9.59 Å². The molecule has 1 unspecified atom stereocenters. The molecule has 1 aliphatic heterocycles. The Morgan fingerprint density at radius 1 is 1.40 bits per heavy atom. The third-order valence-electron chi connectivity index (χ3n) is 3.73. The summed E-state index contributed by atoms with van der Waals surface area (Å²) in [6.45, 7) is 6.11. The number of rotatable bonds is 4. The van der Waals surface area contributed by atoms with Crippen molar-refractivity contribution in [2.45, 2.75) is 33.2 Å². The normalized spacial score (nSPS) is 15.4. The molecule has 5 heteroatoms. The second-order valence-electron chi connectivity index (χ2n) is 5.65. The van der Waals surface area contributed by atoms with Gasteiger partial charge in [0, 0.05) is 17.4 Å². The molecular weight excluding hydrogens is 254 g/mol. The van der Waals surface area contributed by atoms with E-state index in [9.17, 15) is 9.59 Å². The molecule has 0 spiro atoms. The van der Waals surface area contributed by atoms with E-state index in [0.29, 0.717) is 18.0 Å². The summed E-state index contributed by atoms with van der Waals surface area (Å²) in [4.78, 5) is 25.5. The van der Waals surface area contributed by atoms with Crippen molar-refractivity contribution in [3.63, 3.8) is 0 Å². The van der Waals surface area contributed by atoms with Gasteiger partial charge in [-0.3, -0.25) is 9.59 Å². The minimum atomic E-state index is -0.135. The van der Waals surface area contributed by atoms with Gasteiger partial charge in [-0.05, 0) is 36.6 Å². The predicted molar refractivity (Wildman–Crippen MR) is 79.4 cm³/mol. The van der Waals surface area contributed by atoms with Crippen LogP contribution in [0.5, 0.6) is 0 Å². The Labute approximate surface area is 119 Å². The van der Waals surface area contributed by atoms with Crippen LogP contribution < -0.4 is 16.0 Å². The Morgan fingerprint density at radius 2 is 2.10 bits per heavy atom. The number of hydrogen-bond acceptors (Lipinski definition) is 3. The Kier molecular flexibility index (Phi) is 3.97. The fraction of sp³-hybridized carbons (Fsp3) is 0.467. The van der Waals surface area contributed by atoms with Gasteiger partial charge in [-0.25, -0.2) is 0 Å². The summed E-state index contributed by atoms with van der Waals surface area (Å²) in [7, 11) is 0. The zero-order valence-electron chi connectivity index (χ0n) is 12.1. The summed E-state index contributed by atoms with van der Waals surface area (Å²) in [5.74, 6) is 0.169. The number of carbonyl (C=O) groups is 2. The molecule has 0 aromatic heterocycles. The molecule has 1 aliphatic rings. The van der Waals surface area contributed by atoms with Gasteiger partial charge in [-0.15, -0.1) is 0 Å². The van der Waals surface area contributed by atoms with Gasteiger partial charge in [0.25, 0.3) is 0 Å². The Bertz CT molecular complexity index is 540. The first kappa shape index (κ1) is 14.4. The van der Waals surface area contributed by atoms with E-state index in [4.69, 9.17) is 5.73 Å². The van der Waals surface area contributed by atoms with Crippen LogP contribution in [0.2, 0.25) is 0 Å². The number of hydrogen-bond donors (Lipinski definition) is 2. The first-order valence-corrected chi connectivity index (χ1v) is 6.86. The van der Waals surface area contributed by atoms with Crippen LogP contribution in [0.25, 0.3) is 0 Å². The van der Waals surface area contributed by atoms with Crippen LogP contribution in [0.15, 0.2) is 18.2 Å². The van der Waals surface area contributed by atoms with Crippen molar-refractivity contribution in [2.24, 2.45) is 5.92 Å². The summed E-state index contributed by atoms with van der Waals surface area (Å²) < 4.78 is 0. The van der Waals surface area contributed by atoms with Gasteiger partial charge in [0.15, 0.2) is 0 Å². The summed E-state index contributed by atoms with van der Waals surface area (Å²) in [6.07, 6.45) is 0.313. The van der Waals surface area contributed by atoms with Crippen LogP contribution in [0.3, 0.4) is 0 Å². The third kappa shape index (κ3) is 2.92. The maximum Gasteiger partial charge on any atom is 0.240 e. The number of nitrogens with zero attached hydrogens (tertiary/aromatic N) is 1. The zero-order chi connectivity index (χ0) is 14.9. The van der Waals surface area contributed by atoms with E-state index in [-0.39, 0.29) is 24.4 Å². The minimum absolute atomic E-state index is 0.0575. The van der Waals surface area contributed by atoms with Gasteiger partial charge < -0.3 is 16.0 Å². The highest BCUT2D eigenvalue weighted by Crippen LogP contribution is 2.30. The molecule has 0 fully saturated rings. The highest BCUT2D eigenvalue weighted by atomic mass is 16.2. The number of fused-ring (bicyclic) bond motifs is 1. The van der Waals surface area contributed by atoms with Crippen LogP contribution in [0, 0.1) is 5.92 Å². The molecule has 0 bridgehead atoms. The van der Waals surface area contributed by atoms with Crippen molar-refractivity contribution in [3.05, 3.63) is 23.8 Å². The van der Waals surface area contributed by atoms with Gasteiger partial charge in [0.1, 0.15) is 6.54 Å². The lowest BCUT2D eigenvalue weighted by molar-refractivity contribution is -0.123. The van der Waals surface area contributed by atoms with Gasteiger partial charge in [0.2, 0.25) is 11.8 Å². The number of amides is 2. The smallest absolute Gasteiger partial charge is 0.240 e. The third-order valence-corrected chi connectivity index (χ3v) is 3.73. The first-order valence-electron chi connectivity index (χ1n) is 6.86. The average Bonchev–Trinajstić information content (AvgIpc) is 2.64. The highest BCUT2D eigenvalue weighted by molar-refractivity contribution is 6.05.